The molecule has 1 amide bonds. The SMILES string of the molecule is NC(=O)C1(CO)CCCOC1. The van der Waals surface area contributed by atoms with E-state index < -0.39 is 11.3 Å². The van der Waals surface area contributed by atoms with Crippen molar-refractivity contribution in [2.75, 3.05) is 19.8 Å². The standard InChI is InChI=1S/C7H13NO3/c8-6(10)7(4-9)2-1-3-11-5-7/h9H,1-5H2,(H2,8,10). The molecule has 1 saturated heterocycles. The molecular weight excluding hydrogens is 146 g/mol. The quantitative estimate of drug-likeness (QED) is 0.557. The first-order valence-electron chi connectivity index (χ1n) is 3.70. The van der Waals surface area contributed by atoms with Crippen LogP contribution in [0.15, 0.2) is 0 Å². The summed E-state index contributed by atoms with van der Waals surface area (Å²) in [6.45, 7) is 0.718. The van der Waals surface area contributed by atoms with E-state index in [1.165, 1.54) is 0 Å². The Kier molecular flexibility index (Phi) is 2.46. The highest BCUT2D eigenvalue weighted by Crippen LogP contribution is 2.27. The summed E-state index contributed by atoms with van der Waals surface area (Å²) in [7, 11) is 0. The Morgan fingerprint density at radius 3 is 2.73 bits per heavy atom. The zero-order chi connectivity index (χ0) is 8.32. The number of aliphatic hydroxyl groups excluding tert-OH is 1. The minimum Gasteiger partial charge on any atom is -0.395 e. The van der Waals surface area contributed by atoms with Crippen LogP contribution in [0.2, 0.25) is 0 Å². The molecule has 0 radical (unpaired) electrons. The smallest absolute Gasteiger partial charge is 0.228 e. The molecule has 0 aromatic carbocycles. The van der Waals surface area contributed by atoms with Gasteiger partial charge >= 0.3 is 0 Å². The minimum atomic E-state index is -0.807. The van der Waals surface area contributed by atoms with Gasteiger partial charge < -0.3 is 15.6 Å². The van der Waals surface area contributed by atoms with Gasteiger partial charge in [0.15, 0.2) is 0 Å². The lowest BCUT2D eigenvalue weighted by atomic mass is 9.83. The van der Waals surface area contributed by atoms with Crippen LogP contribution in [0.1, 0.15) is 12.8 Å². The third kappa shape index (κ3) is 1.52. The summed E-state index contributed by atoms with van der Waals surface area (Å²) < 4.78 is 5.08. The average Bonchev–Trinajstić information content (AvgIpc) is 2.05. The molecule has 4 nitrogen and oxygen atoms in total. The van der Waals surface area contributed by atoms with E-state index in [0.717, 1.165) is 6.42 Å². The summed E-state index contributed by atoms with van der Waals surface area (Å²) >= 11 is 0. The third-order valence-electron chi connectivity index (χ3n) is 2.15. The van der Waals surface area contributed by atoms with Gasteiger partial charge in [0.25, 0.3) is 0 Å². The number of ether oxygens (including phenoxy) is 1. The van der Waals surface area contributed by atoms with E-state index >= 15 is 0 Å². The first-order chi connectivity index (χ1) is 5.21. The molecule has 1 atom stereocenters. The Balaban J connectivity index is 2.64. The number of primary amides is 1. The van der Waals surface area contributed by atoms with Crippen molar-refractivity contribution in [2.45, 2.75) is 12.8 Å². The van der Waals surface area contributed by atoms with Crippen LogP contribution in [0, 0.1) is 5.41 Å². The van der Waals surface area contributed by atoms with Gasteiger partial charge in [-0.1, -0.05) is 0 Å². The van der Waals surface area contributed by atoms with Crippen LogP contribution < -0.4 is 5.73 Å². The molecule has 0 spiro atoms. The molecule has 1 heterocycles. The van der Waals surface area contributed by atoms with Gasteiger partial charge in [-0.25, -0.2) is 0 Å². The number of hydrogen-bond acceptors (Lipinski definition) is 3. The minimum absolute atomic E-state index is 0.206. The van der Waals surface area contributed by atoms with E-state index in [2.05, 4.69) is 0 Å². The molecule has 1 aliphatic rings. The molecule has 1 rings (SSSR count). The number of rotatable bonds is 2. The highest BCUT2D eigenvalue weighted by atomic mass is 16.5. The number of hydrogen-bond donors (Lipinski definition) is 2. The fourth-order valence-electron chi connectivity index (χ4n) is 1.25. The van der Waals surface area contributed by atoms with E-state index in [0.29, 0.717) is 13.0 Å². The highest BCUT2D eigenvalue weighted by molar-refractivity contribution is 5.81. The summed E-state index contributed by atoms with van der Waals surface area (Å²) in [4.78, 5) is 10.9. The summed E-state index contributed by atoms with van der Waals surface area (Å²) in [5.74, 6) is -0.459. The van der Waals surface area contributed by atoms with Crippen LogP contribution in [-0.4, -0.2) is 30.8 Å². The molecule has 3 N–H and O–H groups in total. The molecule has 64 valence electrons. The topological polar surface area (TPSA) is 72.6 Å². The van der Waals surface area contributed by atoms with Gasteiger partial charge in [-0.05, 0) is 12.8 Å². The van der Waals surface area contributed by atoms with Crippen molar-refractivity contribution in [1.82, 2.24) is 0 Å². The fourth-order valence-corrected chi connectivity index (χ4v) is 1.25. The molecule has 0 aromatic heterocycles. The highest BCUT2D eigenvalue weighted by Gasteiger charge is 2.38. The van der Waals surface area contributed by atoms with Crippen LogP contribution in [0.5, 0.6) is 0 Å². The Morgan fingerprint density at radius 2 is 2.45 bits per heavy atom. The summed E-state index contributed by atoms with van der Waals surface area (Å²) in [5.41, 5.74) is 4.33. The van der Waals surface area contributed by atoms with Gasteiger partial charge in [-0.2, -0.15) is 0 Å². The Hall–Kier alpha value is -0.610. The van der Waals surface area contributed by atoms with Gasteiger partial charge in [0.2, 0.25) is 5.91 Å². The second-order valence-corrected chi connectivity index (χ2v) is 2.96. The largest absolute Gasteiger partial charge is 0.395 e. The number of aliphatic hydroxyl groups is 1. The molecule has 1 unspecified atom stereocenters. The fraction of sp³-hybridized carbons (Fsp3) is 0.857. The molecule has 1 aliphatic heterocycles. The monoisotopic (exact) mass is 159 g/mol. The van der Waals surface area contributed by atoms with Gasteiger partial charge in [-0.3, -0.25) is 4.79 Å². The van der Waals surface area contributed by atoms with Crippen LogP contribution in [0.3, 0.4) is 0 Å². The zero-order valence-corrected chi connectivity index (χ0v) is 6.38. The number of carbonyl (C=O) groups is 1. The van der Waals surface area contributed by atoms with E-state index in [-0.39, 0.29) is 13.2 Å². The molecule has 1 fully saturated rings. The van der Waals surface area contributed by atoms with E-state index in [1.54, 1.807) is 0 Å². The van der Waals surface area contributed by atoms with Gasteiger partial charge in [0.05, 0.1) is 18.6 Å². The maximum absolute atomic E-state index is 10.9. The molecule has 11 heavy (non-hydrogen) atoms. The third-order valence-corrected chi connectivity index (χ3v) is 2.15. The van der Waals surface area contributed by atoms with Crippen LogP contribution in [0.4, 0.5) is 0 Å². The van der Waals surface area contributed by atoms with E-state index in [4.69, 9.17) is 15.6 Å². The van der Waals surface area contributed by atoms with Crippen molar-refractivity contribution in [3.63, 3.8) is 0 Å². The lowest BCUT2D eigenvalue weighted by molar-refractivity contribution is -0.139. The number of nitrogens with two attached hydrogens (primary N) is 1. The van der Waals surface area contributed by atoms with Crippen molar-refractivity contribution in [1.29, 1.82) is 0 Å². The van der Waals surface area contributed by atoms with Gasteiger partial charge in [-0.15, -0.1) is 0 Å². The zero-order valence-electron chi connectivity index (χ0n) is 6.38. The van der Waals surface area contributed by atoms with Crippen LogP contribution in [-0.2, 0) is 9.53 Å². The van der Waals surface area contributed by atoms with Crippen molar-refractivity contribution < 1.29 is 14.6 Å². The number of carbonyl (C=O) groups excluding carboxylic acids is 1. The van der Waals surface area contributed by atoms with Crippen molar-refractivity contribution in [2.24, 2.45) is 11.1 Å². The normalized spacial score (nSPS) is 31.7. The second-order valence-electron chi connectivity index (χ2n) is 2.96. The Morgan fingerprint density at radius 1 is 1.73 bits per heavy atom. The molecule has 4 heteroatoms. The van der Waals surface area contributed by atoms with Gasteiger partial charge in [0.1, 0.15) is 0 Å². The lowest BCUT2D eigenvalue weighted by Gasteiger charge is -2.31. The molecule has 0 aliphatic carbocycles. The van der Waals surface area contributed by atoms with Crippen LogP contribution >= 0.6 is 0 Å². The maximum atomic E-state index is 10.9. The average molecular weight is 159 g/mol. The van der Waals surface area contributed by atoms with Gasteiger partial charge in [0, 0.05) is 6.61 Å². The predicted octanol–water partition coefficient (Wildman–Crippen LogP) is -0.739. The van der Waals surface area contributed by atoms with E-state index in [9.17, 15) is 4.79 Å². The van der Waals surface area contributed by atoms with E-state index in [1.807, 2.05) is 0 Å². The van der Waals surface area contributed by atoms with Crippen molar-refractivity contribution in [3.8, 4) is 0 Å². The first-order valence-corrected chi connectivity index (χ1v) is 3.70. The Labute approximate surface area is 65.3 Å². The Bertz CT molecular complexity index is 152. The van der Waals surface area contributed by atoms with Crippen molar-refractivity contribution >= 4 is 5.91 Å². The molecule has 0 saturated carbocycles. The number of amides is 1. The predicted molar refractivity (Wildman–Crippen MR) is 38.8 cm³/mol. The lowest BCUT2D eigenvalue weighted by Crippen LogP contribution is -2.46. The first kappa shape index (κ1) is 8.49. The molecule has 0 aromatic rings. The summed E-state index contributed by atoms with van der Waals surface area (Å²) in [5, 5.41) is 8.93. The molecule has 0 bridgehead atoms. The van der Waals surface area contributed by atoms with Crippen LogP contribution in [0.25, 0.3) is 0 Å². The summed E-state index contributed by atoms with van der Waals surface area (Å²) in [6.07, 6.45) is 1.43. The molecular formula is C7H13NO3. The summed E-state index contributed by atoms with van der Waals surface area (Å²) in [6, 6.07) is 0. The van der Waals surface area contributed by atoms with Crippen molar-refractivity contribution in [3.05, 3.63) is 0 Å². The second kappa shape index (κ2) is 3.19. The maximum Gasteiger partial charge on any atom is 0.228 e.